The molecule has 3 rings (SSSR count). The van der Waals surface area contributed by atoms with Crippen molar-refractivity contribution in [2.45, 2.75) is 25.4 Å². The van der Waals surface area contributed by atoms with Crippen LogP contribution in [0.4, 0.5) is 5.69 Å². The molecule has 0 saturated carbocycles. The van der Waals surface area contributed by atoms with Gasteiger partial charge in [-0.15, -0.1) is 11.3 Å². The van der Waals surface area contributed by atoms with E-state index in [1.165, 1.54) is 16.2 Å². The molecule has 1 unspecified atom stereocenters. The van der Waals surface area contributed by atoms with Gasteiger partial charge in [0.05, 0.1) is 5.69 Å². The highest BCUT2D eigenvalue weighted by Crippen LogP contribution is 2.43. The summed E-state index contributed by atoms with van der Waals surface area (Å²) in [6.07, 6.45) is 1.67. The molecule has 0 saturated heterocycles. The minimum absolute atomic E-state index is 0.338. The number of amides is 2. The molecule has 7 heteroatoms. The van der Waals surface area contributed by atoms with E-state index in [0.29, 0.717) is 22.7 Å². The molecule has 0 fully saturated rings. The van der Waals surface area contributed by atoms with Crippen LogP contribution in [0.3, 0.4) is 0 Å². The molecule has 6 nitrogen and oxygen atoms in total. The second-order valence-electron chi connectivity index (χ2n) is 6.04. The van der Waals surface area contributed by atoms with E-state index < -0.39 is 23.4 Å². The van der Waals surface area contributed by atoms with Gasteiger partial charge in [0.2, 0.25) is 0 Å². The average Bonchev–Trinajstić information content (AvgIpc) is 3.25. The number of hydrogen-bond acceptors (Lipinski definition) is 5. The van der Waals surface area contributed by atoms with Crippen LogP contribution in [0.1, 0.15) is 35.0 Å². The van der Waals surface area contributed by atoms with Crippen molar-refractivity contribution in [3.8, 4) is 0 Å². The molecule has 2 heterocycles. The van der Waals surface area contributed by atoms with E-state index in [1.54, 1.807) is 48.8 Å². The largest absolute Gasteiger partial charge is 0.429 e. The fourth-order valence-corrected chi connectivity index (χ4v) is 3.58. The molecular weight excluding hydrogens is 352 g/mol. The first-order valence-corrected chi connectivity index (χ1v) is 9.33. The zero-order chi connectivity index (χ0) is 18.7. The minimum atomic E-state index is -2.00. The lowest BCUT2D eigenvalue weighted by Gasteiger charge is -2.26. The summed E-state index contributed by atoms with van der Waals surface area (Å²) < 4.78 is 5.61. The smallest absolute Gasteiger partial charge is 0.350 e. The number of esters is 1. The van der Waals surface area contributed by atoms with Gasteiger partial charge in [0.25, 0.3) is 17.4 Å². The van der Waals surface area contributed by atoms with Gasteiger partial charge in [-0.05, 0) is 23.9 Å². The van der Waals surface area contributed by atoms with Gasteiger partial charge in [-0.1, -0.05) is 37.6 Å². The summed E-state index contributed by atoms with van der Waals surface area (Å²) in [5.74, 6) is -1.88. The van der Waals surface area contributed by atoms with Gasteiger partial charge in [-0.2, -0.15) is 0 Å². The first-order valence-electron chi connectivity index (χ1n) is 8.45. The summed E-state index contributed by atoms with van der Waals surface area (Å²) in [6, 6.07) is 10.2. The van der Waals surface area contributed by atoms with E-state index in [1.807, 2.05) is 6.92 Å². The standard InChI is InChI=1S/C19H20N2O4S/c1-3-4-11-20-17(23)19(25-16(22)15-10-7-12-26-15)13-8-5-6-9-14(13)21(2)18(19)24/h5-10,12H,3-4,11H2,1-2H3,(H,20,23). The van der Waals surface area contributed by atoms with E-state index in [9.17, 15) is 14.4 Å². The monoisotopic (exact) mass is 372 g/mol. The lowest BCUT2D eigenvalue weighted by Crippen LogP contribution is -2.53. The zero-order valence-electron chi connectivity index (χ0n) is 14.7. The molecule has 2 aromatic rings. The summed E-state index contributed by atoms with van der Waals surface area (Å²) in [6.45, 7) is 2.41. The van der Waals surface area contributed by atoms with Crippen molar-refractivity contribution in [2.75, 3.05) is 18.5 Å². The molecule has 1 atom stereocenters. The second kappa shape index (κ2) is 7.29. The molecule has 26 heavy (non-hydrogen) atoms. The number of hydrogen-bond donors (Lipinski definition) is 1. The highest BCUT2D eigenvalue weighted by Gasteiger charge is 2.59. The normalized spacial score (nSPS) is 18.5. The van der Waals surface area contributed by atoms with E-state index in [0.717, 1.165) is 12.8 Å². The highest BCUT2D eigenvalue weighted by molar-refractivity contribution is 7.12. The molecule has 0 bridgehead atoms. The number of nitrogens with one attached hydrogen (secondary N) is 1. The van der Waals surface area contributed by atoms with Crippen molar-refractivity contribution in [1.82, 2.24) is 5.32 Å². The number of nitrogens with zero attached hydrogens (tertiary/aromatic N) is 1. The Bertz CT molecular complexity index is 834. The number of para-hydroxylation sites is 1. The number of rotatable bonds is 6. The molecule has 0 radical (unpaired) electrons. The number of ether oxygens (including phenoxy) is 1. The third-order valence-electron chi connectivity index (χ3n) is 4.35. The van der Waals surface area contributed by atoms with Crippen LogP contribution < -0.4 is 10.2 Å². The van der Waals surface area contributed by atoms with Crippen molar-refractivity contribution in [3.05, 3.63) is 52.2 Å². The van der Waals surface area contributed by atoms with Crippen LogP contribution in [0, 0.1) is 0 Å². The van der Waals surface area contributed by atoms with Crippen molar-refractivity contribution >= 4 is 34.8 Å². The molecule has 136 valence electrons. The summed E-state index contributed by atoms with van der Waals surface area (Å²) >= 11 is 1.20. The van der Waals surface area contributed by atoms with Crippen molar-refractivity contribution in [1.29, 1.82) is 0 Å². The molecule has 1 aromatic heterocycles. The van der Waals surface area contributed by atoms with Gasteiger partial charge < -0.3 is 15.0 Å². The lowest BCUT2D eigenvalue weighted by atomic mass is 9.93. The van der Waals surface area contributed by atoms with Crippen LogP contribution in [-0.4, -0.2) is 31.4 Å². The van der Waals surface area contributed by atoms with Gasteiger partial charge in [0.15, 0.2) is 0 Å². The maximum absolute atomic E-state index is 13.1. The van der Waals surface area contributed by atoms with Crippen LogP contribution >= 0.6 is 11.3 Å². The van der Waals surface area contributed by atoms with E-state index in [2.05, 4.69) is 5.32 Å². The summed E-state index contributed by atoms with van der Waals surface area (Å²) in [5, 5.41) is 4.49. The molecule has 2 amide bonds. The zero-order valence-corrected chi connectivity index (χ0v) is 15.5. The maximum Gasteiger partial charge on any atom is 0.350 e. The molecule has 1 aromatic carbocycles. The maximum atomic E-state index is 13.1. The van der Waals surface area contributed by atoms with Gasteiger partial charge in [0, 0.05) is 19.2 Å². The number of thiophene rings is 1. The molecular formula is C19H20N2O4S. The Morgan fingerprint density at radius 3 is 2.69 bits per heavy atom. The number of unbranched alkanes of at least 4 members (excludes halogenated alkanes) is 1. The Hall–Kier alpha value is -2.67. The Kier molecular flexibility index (Phi) is 5.08. The van der Waals surface area contributed by atoms with Gasteiger partial charge in [-0.3, -0.25) is 9.59 Å². The third-order valence-corrected chi connectivity index (χ3v) is 5.20. The Morgan fingerprint density at radius 2 is 2.00 bits per heavy atom. The fourth-order valence-electron chi connectivity index (χ4n) is 2.98. The molecule has 1 aliphatic rings. The van der Waals surface area contributed by atoms with E-state index in [-0.39, 0.29) is 0 Å². The number of fused-ring (bicyclic) bond motifs is 1. The van der Waals surface area contributed by atoms with E-state index in [4.69, 9.17) is 4.74 Å². The van der Waals surface area contributed by atoms with Crippen LogP contribution in [0.25, 0.3) is 0 Å². The number of benzene rings is 1. The average molecular weight is 372 g/mol. The first kappa shape index (κ1) is 18.1. The number of carbonyl (C=O) groups is 3. The minimum Gasteiger partial charge on any atom is -0.429 e. The predicted molar refractivity (Wildman–Crippen MR) is 99.2 cm³/mol. The quantitative estimate of drug-likeness (QED) is 0.481. The Labute approximate surface area is 155 Å². The summed E-state index contributed by atoms with van der Waals surface area (Å²) in [7, 11) is 1.57. The predicted octanol–water partition coefficient (Wildman–Crippen LogP) is 2.69. The van der Waals surface area contributed by atoms with Gasteiger partial charge in [0.1, 0.15) is 4.88 Å². The topological polar surface area (TPSA) is 75.7 Å². The number of carbonyl (C=O) groups excluding carboxylic acids is 3. The SMILES string of the molecule is CCCCNC(=O)C1(OC(=O)c2cccs2)C(=O)N(C)c2ccccc21. The summed E-state index contributed by atoms with van der Waals surface area (Å²) in [5.41, 5.74) is -1.06. The van der Waals surface area contributed by atoms with Gasteiger partial charge in [-0.25, -0.2) is 4.79 Å². The van der Waals surface area contributed by atoms with Crippen LogP contribution in [0.5, 0.6) is 0 Å². The fraction of sp³-hybridized carbons (Fsp3) is 0.316. The Balaban J connectivity index is 2.04. The van der Waals surface area contributed by atoms with Crippen molar-refractivity contribution < 1.29 is 19.1 Å². The molecule has 0 aliphatic carbocycles. The van der Waals surface area contributed by atoms with Crippen molar-refractivity contribution in [2.24, 2.45) is 0 Å². The van der Waals surface area contributed by atoms with E-state index >= 15 is 0 Å². The van der Waals surface area contributed by atoms with Crippen LogP contribution in [-0.2, 0) is 19.9 Å². The highest BCUT2D eigenvalue weighted by atomic mass is 32.1. The molecule has 0 spiro atoms. The van der Waals surface area contributed by atoms with Gasteiger partial charge >= 0.3 is 5.97 Å². The summed E-state index contributed by atoms with van der Waals surface area (Å²) in [4.78, 5) is 40.4. The number of likely N-dealkylation sites (N-methyl/N-ethyl adjacent to an activating group) is 1. The molecule has 1 N–H and O–H groups in total. The second-order valence-corrected chi connectivity index (χ2v) is 6.99. The van der Waals surface area contributed by atoms with Crippen LogP contribution in [0.15, 0.2) is 41.8 Å². The van der Waals surface area contributed by atoms with Crippen molar-refractivity contribution in [3.63, 3.8) is 0 Å². The first-order chi connectivity index (χ1) is 12.5. The van der Waals surface area contributed by atoms with Crippen LogP contribution in [0.2, 0.25) is 0 Å². The lowest BCUT2D eigenvalue weighted by molar-refractivity contribution is -0.152. The molecule has 1 aliphatic heterocycles. The number of anilines is 1. The third kappa shape index (κ3) is 2.88. The Morgan fingerprint density at radius 1 is 1.23 bits per heavy atom.